The molecule has 5 heteroatoms. The zero-order valence-electron chi connectivity index (χ0n) is 9.31. The highest BCUT2D eigenvalue weighted by molar-refractivity contribution is 5.92. The highest BCUT2D eigenvalue weighted by Crippen LogP contribution is 2.23. The Morgan fingerprint density at radius 3 is 3.00 bits per heavy atom. The predicted octanol–water partition coefficient (Wildman–Crippen LogP) is 1.37. The van der Waals surface area contributed by atoms with E-state index in [2.05, 4.69) is 15.3 Å². The monoisotopic (exact) mass is 220 g/mol. The average Bonchev–Trinajstić information content (AvgIpc) is 3.05. The zero-order chi connectivity index (χ0) is 11.4. The van der Waals surface area contributed by atoms with Crippen molar-refractivity contribution in [3.8, 4) is 5.88 Å². The van der Waals surface area contributed by atoms with Crippen molar-refractivity contribution in [3.63, 3.8) is 0 Å². The third-order valence-electron chi connectivity index (χ3n) is 2.17. The van der Waals surface area contributed by atoms with Crippen LogP contribution in [0.2, 0.25) is 0 Å². The molecule has 86 valence electrons. The third kappa shape index (κ3) is 3.12. The lowest BCUT2D eigenvalue weighted by atomic mass is 10.4. The Morgan fingerprint density at radius 2 is 2.44 bits per heavy atom. The third-order valence-corrected chi connectivity index (χ3v) is 2.17. The smallest absolute Gasteiger partial charge is 0.213 e. The SMILES string of the molecule is CCOc1ccc(NC(N)=NC2CC2)cn1. The first-order chi connectivity index (χ1) is 7.78. The van der Waals surface area contributed by atoms with Crippen molar-refractivity contribution in [2.75, 3.05) is 11.9 Å². The number of rotatable bonds is 4. The average molecular weight is 220 g/mol. The summed E-state index contributed by atoms with van der Waals surface area (Å²) in [4.78, 5) is 8.39. The van der Waals surface area contributed by atoms with Crippen LogP contribution in [0.1, 0.15) is 19.8 Å². The van der Waals surface area contributed by atoms with Crippen molar-refractivity contribution in [2.24, 2.45) is 10.7 Å². The maximum absolute atomic E-state index is 5.72. The fourth-order valence-corrected chi connectivity index (χ4v) is 1.27. The minimum Gasteiger partial charge on any atom is -0.478 e. The van der Waals surface area contributed by atoms with Crippen LogP contribution in [-0.2, 0) is 0 Å². The number of ether oxygens (including phenoxy) is 1. The number of nitrogens with one attached hydrogen (secondary N) is 1. The summed E-state index contributed by atoms with van der Waals surface area (Å²) in [5, 5.41) is 2.99. The Hall–Kier alpha value is -1.78. The van der Waals surface area contributed by atoms with Gasteiger partial charge in [0.05, 0.1) is 24.5 Å². The molecule has 0 amide bonds. The van der Waals surface area contributed by atoms with Crippen molar-refractivity contribution in [2.45, 2.75) is 25.8 Å². The number of aromatic nitrogens is 1. The summed E-state index contributed by atoms with van der Waals surface area (Å²) in [6.07, 6.45) is 3.97. The molecule has 1 heterocycles. The summed E-state index contributed by atoms with van der Waals surface area (Å²) in [5.74, 6) is 1.07. The molecule has 0 saturated heterocycles. The van der Waals surface area contributed by atoms with E-state index >= 15 is 0 Å². The second-order valence-corrected chi connectivity index (χ2v) is 3.69. The van der Waals surface area contributed by atoms with E-state index in [0.717, 1.165) is 18.5 Å². The number of aliphatic imine (C=N–C) groups is 1. The van der Waals surface area contributed by atoms with E-state index < -0.39 is 0 Å². The highest BCUT2D eigenvalue weighted by atomic mass is 16.5. The summed E-state index contributed by atoms with van der Waals surface area (Å²) < 4.78 is 5.24. The van der Waals surface area contributed by atoms with E-state index in [9.17, 15) is 0 Å². The largest absolute Gasteiger partial charge is 0.478 e. The minimum atomic E-state index is 0.420. The van der Waals surface area contributed by atoms with Crippen LogP contribution in [0.3, 0.4) is 0 Å². The first-order valence-electron chi connectivity index (χ1n) is 5.47. The molecule has 0 bridgehead atoms. The Bertz CT molecular complexity index is 370. The van der Waals surface area contributed by atoms with Crippen LogP contribution >= 0.6 is 0 Å². The zero-order valence-corrected chi connectivity index (χ0v) is 9.31. The topological polar surface area (TPSA) is 72.5 Å². The van der Waals surface area contributed by atoms with Crippen LogP contribution in [-0.4, -0.2) is 23.6 Å². The van der Waals surface area contributed by atoms with Crippen molar-refractivity contribution >= 4 is 11.6 Å². The summed E-state index contributed by atoms with van der Waals surface area (Å²) in [5.41, 5.74) is 6.55. The Balaban J connectivity index is 1.93. The second kappa shape index (κ2) is 4.83. The molecule has 0 radical (unpaired) electrons. The van der Waals surface area contributed by atoms with E-state index in [1.54, 1.807) is 12.3 Å². The summed E-state index contributed by atoms with van der Waals surface area (Å²) >= 11 is 0. The van der Waals surface area contributed by atoms with Gasteiger partial charge in [-0.2, -0.15) is 0 Å². The quantitative estimate of drug-likeness (QED) is 0.593. The molecule has 1 saturated carbocycles. The van der Waals surface area contributed by atoms with E-state index in [-0.39, 0.29) is 0 Å². The molecule has 5 nitrogen and oxygen atoms in total. The number of hydrogen-bond acceptors (Lipinski definition) is 3. The van der Waals surface area contributed by atoms with E-state index in [0.29, 0.717) is 24.5 Å². The molecule has 1 aromatic rings. The molecule has 0 atom stereocenters. The Morgan fingerprint density at radius 1 is 1.62 bits per heavy atom. The van der Waals surface area contributed by atoms with Gasteiger partial charge in [0.1, 0.15) is 0 Å². The molecule has 0 aliphatic heterocycles. The highest BCUT2D eigenvalue weighted by Gasteiger charge is 2.20. The normalized spacial score (nSPS) is 15.9. The van der Waals surface area contributed by atoms with Crippen LogP contribution in [0.15, 0.2) is 23.3 Å². The van der Waals surface area contributed by atoms with Gasteiger partial charge in [-0.1, -0.05) is 0 Å². The van der Waals surface area contributed by atoms with Crippen LogP contribution in [0.25, 0.3) is 0 Å². The van der Waals surface area contributed by atoms with Gasteiger partial charge in [-0.15, -0.1) is 0 Å². The molecule has 0 aromatic carbocycles. The number of nitrogens with zero attached hydrogens (tertiary/aromatic N) is 2. The van der Waals surface area contributed by atoms with Crippen molar-refractivity contribution in [1.29, 1.82) is 0 Å². The van der Waals surface area contributed by atoms with Gasteiger partial charge in [-0.3, -0.25) is 0 Å². The standard InChI is InChI=1S/C11H16N4O/c1-2-16-10-6-5-9(7-13-10)15-11(12)14-8-3-4-8/h5-8H,2-4H2,1H3,(H3,12,14,15). The molecule has 0 spiro atoms. The van der Waals surface area contributed by atoms with Gasteiger partial charge in [0.2, 0.25) is 5.88 Å². The fourth-order valence-electron chi connectivity index (χ4n) is 1.27. The van der Waals surface area contributed by atoms with Gasteiger partial charge in [-0.25, -0.2) is 9.98 Å². The lowest BCUT2D eigenvalue weighted by Gasteiger charge is -2.06. The summed E-state index contributed by atoms with van der Waals surface area (Å²) in [6.45, 7) is 2.54. The number of nitrogens with two attached hydrogens (primary N) is 1. The van der Waals surface area contributed by atoms with E-state index in [4.69, 9.17) is 10.5 Å². The van der Waals surface area contributed by atoms with Crippen molar-refractivity contribution in [1.82, 2.24) is 4.98 Å². The maximum Gasteiger partial charge on any atom is 0.213 e. The molecule has 1 aliphatic carbocycles. The molecule has 1 fully saturated rings. The summed E-state index contributed by atoms with van der Waals surface area (Å²) in [7, 11) is 0. The Kier molecular flexibility index (Phi) is 3.24. The molecule has 3 N–H and O–H groups in total. The first kappa shape index (κ1) is 10.7. The van der Waals surface area contributed by atoms with E-state index in [1.165, 1.54) is 0 Å². The number of hydrogen-bond donors (Lipinski definition) is 2. The van der Waals surface area contributed by atoms with Gasteiger partial charge in [0.25, 0.3) is 0 Å². The van der Waals surface area contributed by atoms with Crippen LogP contribution in [0.5, 0.6) is 5.88 Å². The molecule has 2 rings (SSSR count). The molecular weight excluding hydrogens is 204 g/mol. The van der Waals surface area contributed by atoms with Crippen LogP contribution in [0, 0.1) is 0 Å². The van der Waals surface area contributed by atoms with Gasteiger partial charge in [-0.05, 0) is 25.8 Å². The number of anilines is 1. The van der Waals surface area contributed by atoms with Gasteiger partial charge in [0.15, 0.2) is 5.96 Å². The van der Waals surface area contributed by atoms with Gasteiger partial charge < -0.3 is 15.8 Å². The fraction of sp³-hybridized carbons (Fsp3) is 0.455. The van der Waals surface area contributed by atoms with Crippen molar-refractivity contribution in [3.05, 3.63) is 18.3 Å². The molecule has 1 aromatic heterocycles. The molecular formula is C11H16N4O. The van der Waals surface area contributed by atoms with Gasteiger partial charge >= 0.3 is 0 Å². The Labute approximate surface area is 94.7 Å². The lowest BCUT2D eigenvalue weighted by molar-refractivity contribution is 0.327. The molecule has 1 aliphatic rings. The molecule has 16 heavy (non-hydrogen) atoms. The number of guanidine groups is 1. The van der Waals surface area contributed by atoms with Crippen LogP contribution < -0.4 is 15.8 Å². The van der Waals surface area contributed by atoms with Crippen molar-refractivity contribution < 1.29 is 4.74 Å². The lowest BCUT2D eigenvalue weighted by Crippen LogP contribution is -2.23. The van der Waals surface area contributed by atoms with Crippen LogP contribution in [0.4, 0.5) is 5.69 Å². The predicted molar refractivity (Wildman–Crippen MR) is 63.7 cm³/mol. The van der Waals surface area contributed by atoms with Gasteiger partial charge in [0, 0.05) is 6.07 Å². The minimum absolute atomic E-state index is 0.420. The maximum atomic E-state index is 5.72. The first-order valence-corrected chi connectivity index (χ1v) is 5.47. The number of pyridine rings is 1. The second-order valence-electron chi connectivity index (χ2n) is 3.69. The summed E-state index contributed by atoms with van der Waals surface area (Å²) in [6, 6.07) is 4.09. The van der Waals surface area contributed by atoms with E-state index in [1.807, 2.05) is 13.0 Å². The molecule has 0 unspecified atom stereocenters.